The second-order valence-electron chi connectivity index (χ2n) is 4.26. The van der Waals surface area contributed by atoms with E-state index in [1.165, 1.54) is 36.4 Å². The monoisotopic (exact) mass is 306 g/mol. The van der Waals surface area contributed by atoms with Crippen LogP contribution in [-0.4, -0.2) is 16.1 Å². The lowest BCUT2D eigenvalue weighted by molar-refractivity contribution is 0.0697. The molecule has 0 fully saturated rings. The normalized spacial score (nSPS) is 10.8. The van der Waals surface area contributed by atoms with Crippen LogP contribution >= 0.6 is 11.6 Å². The number of halogens is 2. The Hall–Kier alpha value is -2.60. The Bertz CT molecular complexity index is 847. The van der Waals surface area contributed by atoms with Gasteiger partial charge in [-0.15, -0.1) is 0 Å². The van der Waals surface area contributed by atoms with Crippen LogP contribution in [0.3, 0.4) is 0 Å². The van der Waals surface area contributed by atoms with Gasteiger partial charge in [0.25, 0.3) is 6.01 Å². The van der Waals surface area contributed by atoms with Crippen LogP contribution in [0.1, 0.15) is 10.4 Å². The van der Waals surface area contributed by atoms with E-state index in [1.54, 1.807) is 0 Å². The van der Waals surface area contributed by atoms with E-state index in [0.29, 0.717) is 21.8 Å². The van der Waals surface area contributed by atoms with Gasteiger partial charge in [0.2, 0.25) is 0 Å². The van der Waals surface area contributed by atoms with Crippen molar-refractivity contribution in [3.8, 4) is 0 Å². The third kappa shape index (κ3) is 2.66. The Labute approximate surface area is 123 Å². The Kier molecular flexibility index (Phi) is 3.23. The van der Waals surface area contributed by atoms with E-state index in [-0.39, 0.29) is 11.6 Å². The minimum atomic E-state index is -1.06. The molecule has 21 heavy (non-hydrogen) atoms. The molecule has 0 bridgehead atoms. The smallest absolute Gasteiger partial charge is 0.335 e. The van der Waals surface area contributed by atoms with Crippen molar-refractivity contribution in [2.24, 2.45) is 0 Å². The van der Waals surface area contributed by atoms with Crippen LogP contribution in [0, 0.1) is 5.82 Å². The van der Waals surface area contributed by atoms with Gasteiger partial charge < -0.3 is 14.8 Å². The molecule has 2 N–H and O–H groups in total. The third-order valence-corrected chi connectivity index (χ3v) is 3.13. The Morgan fingerprint density at radius 3 is 2.86 bits per heavy atom. The van der Waals surface area contributed by atoms with E-state index in [4.69, 9.17) is 21.1 Å². The number of carboxylic acid groups (broad SMARTS) is 1. The Morgan fingerprint density at radius 1 is 1.29 bits per heavy atom. The molecule has 7 heteroatoms. The highest BCUT2D eigenvalue weighted by Gasteiger charge is 2.11. The first-order chi connectivity index (χ1) is 10.0. The zero-order valence-electron chi connectivity index (χ0n) is 10.4. The van der Waals surface area contributed by atoms with Crippen LogP contribution in [0.25, 0.3) is 11.1 Å². The summed E-state index contributed by atoms with van der Waals surface area (Å²) in [6, 6.07) is 8.26. The molecule has 2 aromatic carbocycles. The summed E-state index contributed by atoms with van der Waals surface area (Å²) in [5, 5.41) is 12.0. The number of benzene rings is 2. The van der Waals surface area contributed by atoms with E-state index < -0.39 is 11.8 Å². The summed E-state index contributed by atoms with van der Waals surface area (Å²) in [4.78, 5) is 15.0. The molecule has 0 radical (unpaired) electrons. The summed E-state index contributed by atoms with van der Waals surface area (Å²) in [6.45, 7) is 0. The molecule has 0 aliphatic heterocycles. The van der Waals surface area contributed by atoms with Gasteiger partial charge in [-0.2, -0.15) is 4.98 Å². The Balaban J connectivity index is 1.97. The van der Waals surface area contributed by atoms with Crippen molar-refractivity contribution in [2.45, 2.75) is 0 Å². The van der Waals surface area contributed by atoms with Gasteiger partial charge in [-0.3, -0.25) is 0 Å². The van der Waals surface area contributed by atoms with Crippen molar-refractivity contribution >= 4 is 40.4 Å². The zero-order chi connectivity index (χ0) is 15.0. The number of fused-ring (bicyclic) bond motifs is 1. The molecule has 0 saturated carbocycles. The molecule has 1 aromatic heterocycles. The number of carboxylic acids is 1. The van der Waals surface area contributed by atoms with Gasteiger partial charge in [-0.25, -0.2) is 9.18 Å². The van der Waals surface area contributed by atoms with Gasteiger partial charge in [0, 0.05) is 0 Å². The van der Waals surface area contributed by atoms with Crippen LogP contribution in [0.15, 0.2) is 40.8 Å². The van der Waals surface area contributed by atoms with Crippen LogP contribution < -0.4 is 5.32 Å². The standard InChI is InChI=1S/C14H8ClFN2O3/c15-9-3-2-8(16)6-11(9)18-14-17-10-4-1-7(13(19)20)5-12(10)21-14/h1-6H,(H,17,18)(H,19,20). The first-order valence-corrected chi connectivity index (χ1v) is 6.27. The topological polar surface area (TPSA) is 75.4 Å². The number of hydrogen-bond acceptors (Lipinski definition) is 4. The van der Waals surface area contributed by atoms with Gasteiger partial charge >= 0.3 is 5.97 Å². The lowest BCUT2D eigenvalue weighted by atomic mass is 10.2. The van der Waals surface area contributed by atoms with Crippen molar-refractivity contribution < 1.29 is 18.7 Å². The van der Waals surface area contributed by atoms with Crippen LogP contribution in [0.2, 0.25) is 5.02 Å². The van der Waals surface area contributed by atoms with E-state index in [2.05, 4.69) is 10.3 Å². The Morgan fingerprint density at radius 2 is 2.10 bits per heavy atom. The molecular weight excluding hydrogens is 299 g/mol. The molecule has 0 spiro atoms. The van der Waals surface area contributed by atoms with Gasteiger partial charge in [0.05, 0.1) is 16.3 Å². The summed E-state index contributed by atoms with van der Waals surface area (Å²) in [6.07, 6.45) is 0. The first kappa shape index (κ1) is 13.4. The van der Waals surface area contributed by atoms with Crippen LogP contribution in [0.4, 0.5) is 16.1 Å². The number of rotatable bonds is 3. The van der Waals surface area contributed by atoms with Gasteiger partial charge in [-0.1, -0.05) is 11.6 Å². The molecule has 0 atom stereocenters. The molecule has 0 unspecified atom stereocenters. The third-order valence-electron chi connectivity index (χ3n) is 2.81. The number of carbonyl (C=O) groups is 1. The van der Waals surface area contributed by atoms with E-state index >= 15 is 0 Å². The van der Waals surface area contributed by atoms with Crippen molar-refractivity contribution in [2.75, 3.05) is 5.32 Å². The maximum atomic E-state index is 13.2. The number of oxazole rings is 1. The number of aromatic nitrogens is 1. The average molecular weight is 307 g/mol. The highest BCUT2D eigenvalue weighted by atomic mass is 35.5. The fourth-order valence-corrected chi connectivity index (χ4v) is 1.98. The largest absolute Gasteiger partial charge is 0.478 e. The molecule has 106 valence electrons. The zero-order valence-corrected chi connectivity index (χ0v) is 11.2. The number of anilines is 2. The van der Waals surface area contributed by atoms with Crippen molar-refractivity contribution in [1.29, 1.82) is 0 Å². The number of nitrogens with zero attached hydrogens (tertiary/aromatic N) is 1. The lowest BCUT2D eigenvalue weighted by Gasteiger charge is -2.03. The molecule has 0 amide bonds. The van der Waals surface area contributed by atoms with Crippen molar-refractivity contribution in [3.63, 3.8) is 0 Å². The predicted octanol–water partition coefficient (Wildman–Crippen LogP) is 4.06. The molecule has 5 nitrogen and oxygen atoms in total. The van der Waals surface area contributed by atoms with Gasteiger partial charge in [0.15, 0.2) is 5.58 Å². The quantitative estimate of drug-likeness (QED) is 0.763. The van der Waals surface area contributed by atoms with Gasteiger partial charge in [-0.05, 0) is 36.4 Å². The fourth-order valence-electron chi connectivity index (χ4n) is 1.82. The molecular formula is C14H8ClFN2O3. The first-order valence-electron chi connectivity index (χ1n) is 5.89. The predicted molar refractivity (Wildman–Crippen MR) is 75.7 cm³/mol. The number of hydrogen-bond donors (Lipinski definition) is 2. The summed E-state index contributed by atoms with van der Waals surface area (Å²) in [5.74, 6) is -1.51. The number of nitrogens with one attached hydrogen (secondary N) is 1. The second-order valence-corrected chi connectivity index (χ2v) is 4.66. The van der Waals surface area contributed by atoms with E-state index in [1.807, 2.05) is 0 Å². The highest BCUT2D eigenvalue weighted by molar-refractivity contribution is 6.33. The van der Waals surface area contributed by atoms with E-state index in [0.717, 1.165) is 0 Å². The van der Waals surface area contributed by atoms with Crippen molar-refractivity contribution in [1.82, 2.24) is 4.98 Å². The molecule has 0 saturated heterocycles. The lowest BCUT2D eigenvalue weighted by Crippen LogP contribution is -1.94. The minimum absolute atomic E-state index is 0.0917. The molecule has 3 rings (SSSR count). The SMILES string of the molecule is O=C(O)c1ccc2nc(Nc3cc(F)ccc3Cl)oc2c1. The molecule has 0 aliphatic rings. The average Bonchev–Trinajstić information content (AvgIpc) is 2.84. The van der Waals surface area contributed by atoms with Crippen molar-refractivity contribution in [3.05, 3.63) is 52.8 Å². The highest BCUT2D eigenvalue weighted by Crippen LogP contribution is 2.28. The fraction of sp³-hybridized carbons (Fsp3) is 0. The second kappa shape index (κ2) is 5.06. The maximum Gasteiger partial charge on any atom is 0.335 e. The molecule has 3 aromatic rings. The number of aromatic carboxylic acids is 1. The summed E-state index contributed by atoms with van der Waals surface area (Å²) in [5.41, 5.74) is 1.19. The summed E-state index contributed by atoms with van der Waals surface area (Å²) in [7, 11) is 0. The van der Waals surface area contributed by atoms with Crippen LogP contribution in [-0.2, 0) is 0 Å². The maximum absolute atomic E-state index is 13.2. The molecule has 0 aliphatic carbocycles. The summed E-state index contributed by atoms with van der Waals surface area (Å²) < 4.78 is 18.6. The van der Waals surface area contributed by atoms with Gasteiger partial charge in [0.1, 0.15) is 11.3 Å². The summed E-state index contributed by atoms with van der Waals surface area (Å²) >= 11 is 5.94. The van der Waals surface area contributed by atoms with E-state index in [9.17, 15) is 9.18 Å². The van der Waals surface area contributed by atoms with Crippen LogP contribution in [0.5, 0.6) is 0 Å². The minimum Gasteiger partial charge on any atom is -0.478 e. The molecule has 1 heterocycles.